The second kappa shape index (κ2) is 12.5. The fourth-order valence-corrected chi connectivity index (χ4v) is 5.18. The van der Waals surface area contributed by atoms with Crippen molar-refractivity contribution < 1.29 is 27.5 Å². The molecule has 0 aliphatic carbocycles. The molecule has 2 aromatic rings. The number of halogens is 3. The van der Waals surface area contributed by atoms with Crippen molar-refractivity contribution in [3.8, 4) is 5.75 Å². The maximum Gasteiger partial charge on any atom is 0.418 e. The van der Waals surface area contributed by atoms with E-state index in [9.17, 15) is 22.8 Å². The van der Waals surface area contributed by atoms with Crippen molar-refractivity contribution in [3.05, 3.63) is 54.1 Å². The second-order valence-electron chi connectivity index (χ2n) is 9.23. The van der Waals surface area contributed by atoms with Crippen LogP contribution in [0.15, 0.2) is 53.5 Å². The van der Waals surface area contributed by atoms with Crippen molar-refractivity contribution in [1.82, 2.24) is 4.90 Å². The molecule has 200 valence electrons. The van der Waals surface area contributed by atoms with Crippen LogP contribution in [0.5, 0.6) is 5.75 Å². The number of aliphatic imine (C=N–C) groups is 1. The molecule has 37 heavy (non-hydrogen) atoms. The molecule has 1 saturated heterocycles. The molecule has 3 rings (SSSR count). The minimum Gasteiger partial charge on any atom is -0.492 e. The van der Waals surface area contributed by atoms with E-state index >= 15 is 0 Å². The van der Waals surface area contributed by atoms with Gasteiger partial charge in [-0.25, -0.2) is 4.99 Å². The van der Waals surface area contributed by atoms with Gasteiger partial charge in [0.15, 0.2) is 5.17 Å². The molecule has 1 aliphatic heterocycles. The topological polar surface area (TPSA) is 71.0 Å². The molecule has 2 atom stereocenters. The maximum atomic E-state index is 13.5. The maximum absolute atomic E-state index is 13.5. The van der Waals surface area contributed by atoms with Gasteiger partial charge in [0.1, 0.15) is 16.7 Å². The summed E-state index contributed by atoms with van der Waals surface area (Å²) in [7, 11) is 0. The fraction of sp³-hybridized carbons (Fsp3) is 0.444. The van der Waals surface area contributed by atoms with E-state index in [4.69, 9.17) is 9.73 Å². The van der Waals surface area contributed by atoms with E-state index in [1.807, 2.05) is 26.0 Å². The third-order valence-electron chi connectivity index (χ3n) is 5.83. The van der Waals surface area contributed by atoms with Crippen molar-refractivity contribution in [2.45, 2.75) is 64.4 Å². The molecule has 0 aromatic heterocycles. The van der Waals surface area contributed by atoms with Gasteiger partial charge in [-0.3, -0.25) is 14.5 Å². The van der Waals surface area contributed by atoms with E-state index in [0.717, 1.165) is 30.7 Å². The molecule has 0 saturated carbocycles. The van der Waals surface area contributed by atoms with E-state index in [-0.39, 0.29) is 24.1 Å². The van der Waals surface area contributed by atoms with Crippen LogP contribution in [0.25, 0.3) is 0 Å². The van der Waals surface area contributed by atoms with Crippen molar-refractivity contribution >= 4 is 40.1 Å². The minimum absolute atomic E-state index is 0.167. The average molecular weight is 536 g/mol. The van der Waals surface area contributed by atoms with E-state index in [2.05, 4.69) is 19.2 Å². The van der Waals surface area contributed by atoms with Gasteiger partial charge in [0.2, 0.25) is 11.8 Å². The zero-order valence-corrected chi connectivity index (χ0v) is 22.2. The average Bonchev–Trinajstić information content (AvgIpc) is 3.12. The van der Waals surface area contributed by atoms with E-state index in [0.29, 0.717) is 29.1 Å². The molecular weight excluding hydrogens is 503 g/mol. The highest BCUT2D eigenvalue weighted by molar-refractivity contribution is 8.15. The monoisotopic (exact) mass is 535 g/mol. The largest absolute Gasteiger partial charge is 0.492 e. The Morgan fingerprint density at radius 3 is 2.46 bits per heavy atom. The molecule has 6 nitrogen and oxygen atoms in total. The third-order valence-corrected chi connectivity index (χ3v) is 6.98. The molecule has 0 spiro atoms. The lowest BCUT2D eigenvalue weighted by Gasteiger charge is -2.25. The summed E-state index contributed by atoms with van der Waals surface area (Å²) in [5.74, 6) is 0.0638. The summed E-state index contributed by atoms with van der Waals surface area (Å²) in [6.07, 6.45) is -3.25. The first kappa shape index (κ1) is 28.6. The van der Waals surface area contributed by atoms with Gasteiger partial charge in [-0.1, -0.05) is 49.9 Å². The Kier molecular flexibility index (Phi) is 9.64. The highest BCUT2D eigenvalue weighted by Crippen LogP contribution is 2.38. The Hall–Kier alpha value is -3.01. The Bertz CT molecular complexity index is 1140. The first-order valence-corrected chi connectivity index (χ1v) is 13.2. The summed E-state index contributed by atoms with van der Waals surface area (Å²) < 4.78 is 45.7. The van der Waals surface area contributed by atoms with Crippen LogP contribution in [0.2, 0.25) is 0 Å². The zero-order chi connectivity index (χ0) is 27.2. The summed E-state index contributed by atoms with van der Waals surface area (Å²) in [5.41, 5.74) is -0.713. The van der Waals surface area contributed by atoms with Crippen molar-refractivity contribution in [3.63, 3.8) is 0 Å². The quantitative estimate of drug-likeness (QED) is 0.360. The van der Waals surface area contributed by atoms with Gasteiger partial charge < -0.3 is 10.1 Å². The molecule has 2 aromatic carbocycles. The fourth-order valence-electron chi connectivity index (χ4n) is 3.94. The van der Waals surface area contributed by atoms with Crippen LogP contribution in [0.1, 0.15) is 52.5 Å². The van der Waals surface area contributed by atoms with Gasteiger partial charge in [-0.2, -0.15) is 13.2 Å². The van der Waals surface area contributed by atoms with Crippen LogP contribution in [-0.2, 0) is 15.8 Å². The van der Waals surface area contributed by atoms with Crippen molar-refractivity contribution in [2.75, 3.05) is 11.9 Å². The van der Waals surface area contributed by atoms with Crippen LogP contribution in [0.3, 0.4) is 0 Å². The van der Waals surface area contributed by atoms with E-state index in [1.165, 1.54) is 18.2 Å². The van der Waals surface area contributed by atoms with Crippen LogP contribution in [-0.4, -0.2) is 39.8 Å². The first-order chi connectivity index (χ1) is 17.5. The summed E-state index contributed by atoms with van der Waals surface area (Å²) in [4.78, 5) is 32.5. The highest BCUT2D eigenvalue weighted by atomic mass is 32.2. The van der Waals surface area contributed by atoms with E-state index in [1.54, 1.807) is 17.0 Å². The van der Waals surface area contributed by atoms with Gasteiger partial charge in [0.05, 0.1) is 17.9 Å². The molecular formula is C27H32F3N3O3S. The van der Waals surface area contributed by atoms with Crippen LogP contribution in [0.4, 0.5) is 24.5 Å². The predicted octanol–water partition coefficient (Wildman–Crippen LogP) is 6.89. The summed E-state index contributed by atoms with van der Waals surface area (Å²) in [6, 6.07) is 11.8. The number of anilines is 1. The number of para-hydroxylation sites is 3. The predicted molar refractivity (Wildman–Crippen MR) is 141 cm³/mol. The van der Waals surface area contributed by atoms with Crippen LogP contribution < -0.4 is 10.1 Å². The Labute approximate surface area is 219 Å². The minimum atomic E-state index is -4.61. The van der Waals surface area contributed by atoms with Gasteiger partial charge in [-0.05, 0) is 56.9 Å². The summed E-state index contributed by atoms with van der Waals surface area (Å²) in [6.45, 7) is 8.46. The number of nitrogens with one attached hydrogen (secondary N) is 1. The molecule has 0 unspecified atom stereocenters. The molecule has 2 amide bonds. The number of thioether (sulfide) groups is 1. The number of nitrogens with zero attached hydrogens (tertiary/aromatic N) is 2. The molecule has 10 heteroatoms. The number of amidine groups is 1. The van der Waals surface area contributed by atoms with Gasteiger partial charge >= 0.3 is 6.18 Å². The number of hydrogen-bond donors (Lipinski definition) is 1. The van der Waals surface area contributed by atoms with Crippen LogP contribution in [0, 0.1) is 5.92 Å². The molecule has 1 fully saturated rings. The Morgan fingerprint density at radius 1 is 1.11 bits per heavy atom. The number of hydrogen-bond acceptors (Lipinski definition) is 5. The number of carbonyl (C=O) groups is 2. The lowest BCUT2D eigenvalue weighted by Crippen LogP contribution is -2.40. The number of rotatable bonds is 10. The van der Waals surface area contributed by atoms with Crippen LogP contribution >= 0.6 is 11.8 Å². The van der Waals surface area contributed by atoms with Gasteiger partial charge in [0.25, 0.3) is 0 Å². The smallest absolute Gasteiger partial charge is 0.418 e. The third kappa shape index (κ3) is 7.50. The lowest BCUT2D eigenvalue weighted by molar-refractivity contribution is -0.137. The number of alkyl halides is 3. The number of benzene rings is 2. The van der Waals surface area contributed by atoms with Crippen molar-refractivity contribution in [2.24, 2.45) is 10.9 Å². The molecule has 1 aliphatic rings. The SMILES string of the molecule is CCOc1ccccc1N=C1S[C@@H](CC(=O)Nc2ccccc2C(F)(F)F)C(=O)N1[C@@H](C)CCC(C)C. The molecule has 0 bridgehead atoms. The van der Waals surface area contributed by atoms with Gasteiger partial charge in [0, 0.05) is 12.5 Å². The summed E-state index contributed by atoms with van der Waals surface area (Å²) >= 11 is 1.15. The summed E-state index contributed by atoms with van der Waals surface area (Å²) in [5, 5.41) is 1.97. The molecule has 1 N–H and O–H groups in total. The standard InChI is InChI=1S/C27H32F3N3O3S/c1-5-36-22-13-9-8-12-21(22)32-26-33(18(4)15-14-17(2)3)25(35)23(37-26)16-24(34)31-20-11-7-6-10-19(20)27(28,29)30/h6-13,17-18,23H,5,14-16H2,1-4H3,(H,31,34)/t18-,23-/m0/s1. The highest BCUT2D eigenvalue weighted by Gasteiger charge is 2.42. The van der Waals surface area contributed by atoms with Gasteiger partial charge in [-0.15, -0.1) is 0 Å². The number of carbonyl (C=O) groups excluding carboxylic acids is 2. The first-order valence-electron chi connectivity index (χ1n) is 12.3. The lowest BCUT2D eigenvalue weighted by atomic mass is 10.0. The Balaban J connectivity index is 1.85. The normalized spacial score (nSPS) is 17.9. The number of amides is 2. The Morgan fingerprint density at radius 2 is 1.78 bits per heavy atom. The molecule has 0 radical (unpaired) electrons. The number of ether oxygens (including phenoxy) is 1. The zero-order valence-electron chi connectivity index (χ0n) is 21.3. The van der Waals surface area contributed by atoms with E-state index < -0.39 is 22.9 Å². The second-order valence-corrected chi connectivity index (χ2v) is 10.4. The van der Waals surface area contributed by atoms with Crippen molar-refractivity contribution in [1.29, 1.82) is 0 Å². The molecule has 1 heterocycles.